The van der Waals surface area contributed by atoms with Crippen LogP contribution in [-0.4, -0.2) is 12.1 Å². The Bertz CT molecular complexity index is 1140. The Morgan fingerprint density at radius 2 is 1.43 bits per heavy atom. The summed E-state index contributed by atoms with van der Waals surface area (Å²) in [5.74, 6) is -14.1. The van der Waals surface area contributed by atoms with Gasteiger partial charge in [-0.3, -0.25) is 0 Å². The molecule has 1 fully saturated rings. The van der Waals surface area contributed by atoms with Crippen molar-refractivity contribution < 1.29 is 53.8 Å². The standard InChI is InChI=1S/C25H21F9O3/c1-2-3-12-4-6-13(7-5-12)14-8-16(26)20(17(27)9-14)24(35)36-15-10-18(28)21(19(29)11-15)37-25(33,34)22(30)23(31)32/h8-13H,2-7H2,1H3. The number of benzene rings is 2. The molecule has 2 aromatic carbocycles. The summed E-state index contributed by atoms with van der Waals surface area (Å²) in [7, 11) is 0. The number of carbonyl (C=O) groups excluding carboxylic acids is 1. The molecule has 0 N–H and O–H groups in total. The van der Waals surface area contributed by atoms with E-state index in [4.69, 9.17) is 0 Å². The molecule has 3 rings (SSSR count). The average molecular weight is 540 g/mol. The number of esters is 1. The Hall–Kier alpha value is -3.18. The van der Waals surface area contributed by atoms with Crippen molar-refractivity contribution in [1.82, 2.24) is 0 Å². The highest BCUT2D eigenvalue weighted by atomic mass is 19.3. The molecule has 0 aromatic heterocycles. The van der Waals surface area contributed by atoms with Gasteiger partial charge in [0.25, 0.3) is 5.83 Å². The monoisotopic (exact) mass is 540 g/mol. The van der Waals surface area contributed by atoms with E-state index in [9.17, 15) is 44.3 Å². The normalized spacial score (nSPS) is 17.9. The minimum absolute atomic E-state index is 0.110. The SMILES string of the molecule is CCCC1CCC(c2cc(F)c(C(=O)Oc3cc(F)c(OC(F)(F)C(F)=C(F)F)c(F)c3)c(F)c2)CC1. The molecular weight excluding hydrogens is 519 g/mol. The van der Waals surface area contributed by atoms with Crippen molar-refractivity contribution in [1.29, 1.82) is 0 Å². The van der Waals surface area contributed by atoms with Gasteiger partial charge in [0.15, 0.2) is 17.4 Å². The number of rotatable bonds is 8. The van der Waals surface area contributed by atoms with Crippen LogP contribution in [0.15, 0.2) is 36.2 Å². The molecule has 0 unspecified atom stereocenters. The fourth-order valence-electron chi connectivity index (χ4n) is 4.35. The molecule has 2 aromatic rings. The van der Waals surface area contributed by atoms with E-state index in [1.165, 1.54) is 0 Å². The number of alkyl halides is 2. The van der Waals surface area contributed by atoms with Gasteiger partial charge in [0, 0.05) is 12.1 Å². The molecule has 0 amide bonds. The van der Waals surface area contributed by atoms with Gasteiger partial charge in [-0.25, -0.2) is 22.4 Å². The Labute approximate surface area is 205 Å². The second kappa shape index (κ2) is 11.5. The molecule has 3 nitrogen and oxygen atoms in total. The van der Waals surface area contributed by atoms with Crippen LogP contribution in [0, 0.1) is 29.2 Å². The summed E-state index contributed by atoms with van der Waals surface area (Å²) in [5, 5.41) is 0. The number of halogens is 9. The first-order valence-corrected chi connectivity index (χ1v) is 11.3. The molecule has 0 aliphatic heterocycles. The smallest absolute Gasteiger partial charge is 0.423 e. The van der Waals surface area contributed by atoms with Crippen LogP contribution in [0.3, 0.4) is 0 Å². The molecule has 1 saturated carbocycles. The van der Waals surface area contributed by atoms with Gasteiger partial charge >= 0.3 is 18.2 Å². The molecular formula is C25H21F9O3. The molecule has 0 heterocycles. The lowest BCUT2D eigenvalue weighted by atomic mass is 9.77. The summed E-state index contributed by atoms with van der Waals surface area (Å²) < 4.78 is 129. The zero-order valence-electron chi connectivity index (χ0n) is 19.3. The predicted molar refractivity (Wildman–Crippen MR) is 113 cm³/mol. The highest BCUT2D eigenvalue weighted by molar-refractivity contribution is 5.91. The third-order valence-electron chi connectivity index (χ3n) is 6.12. The largest absolute Gasteiger partial charge is 0.459 e. The quantitative estimate of drug-likeness (QED) is 0.191. The maximum Gasteiger partial charge on any atom is 0.459 e. The van der Waals surface area contributed by atoms with Crippen molar-refractivity contribution in [3.8, 4) is 11.5 Å². The van der Waals surface area contributed by atoms with E-state index in [-0.39, 0.29) is 18.1 Å². The molecule has 0 saturated heterocycles. The number of carbonyl (C=O) groups is 1. The van der Waals surface area contributed by atoms with Gasteiger partial charge in [-0.05, 0) is 55.2 Å². The van der Waals surface area contributed by atoms with Crippen molar-refractivity contribution in [3.05, 3.63) is 70.6 Å². The Morgan fingerprint density at radius 3 is 1.92 bits per heavy atom. The van der Waals surface area contributed by atoms with Crippen LogP contribution in [0.2, 0.25) is 0 Å². The van der Waals surface area contributed by atoms with Gasteiger partial charge in [-0.15, -0.1) is 0 Å². The maximum absolute atomic E-state index is 14.7. The molecule has 1 aliphatic rings. The lowest BCUT2D eigenvalue weighted by molar-refractivity contribution is -0.162. The van der Waals surface area contributed by atoms with Crippen molar-refractivity contribution in [2.75, 3.05) is 0 Å². The van der Waals surface area contributed by atoms with Gasteiger partial charge < -0.3 is 9.47 Å². The Morgan fingerprint density at radius 1 is 0.892 bits per heavy atom. The lowest BCUT2D eigenvalue weighted by Crippen LogP contribution is -2.27. The Kier molecular flexibility index (Phi) is 8.80. The zero-order valence-corrected chi connectivity index (χ0v) is 19.3. The van der Waals surface area contributed by atoms with Gasteiger partial charge in [-0.2, -0.15) is 22.0 Å². The third-order valence-corrected chi connectivity index (χ3v) is 6.12. The van der Waals surface area contributed by atoms with E-state index in [1.54, 1.807) is 0 Å². The first-order chi connectivity index (χ1) is 17.3. The van der Waals surface area contributed by atoms with Crippen molar-refractivity contribution >= 4 is 5.97 Å². The second-order valence-corrected chi connectivity index (χ2v) is 8.66. The van der Waals surface area contributed by atoms with Crippen LogP contribution in [0.5, 0.6) is 11.5 Å². The molecule has 0 spiro atoms. The summed E-state index contributed by atoms with van der Waals surface area (Å²) in [6.45, 7) is 2.08. The van der Waals surface area contributed by atoms with Crippen LogP contribution in [0.25, 0.3) is 0 Å². The van der Waals surface area contributed by atoms with E-state index in [0.717, 1.165) is 50.7 Å². The van der Waals surface area contributed by atoms with E-state index in [0.29, 0.717) is 11.5 Å². The van der Waals surface area contributed by atoms with Gasteiger partial charge in [0.2, 0.25) is 0 Å². The number of hydrogen-bond donors (Lipinski definition) is 0. The minimum atomic E-state index is -5.41. The van der Waals surface area contributed by atoms with Crippen molar-refractivity contribution in [2.24, 2.45) is 5.92 Å². The third kappa shape index (κ3) is 6.58. The van der Waals surface area contributed by atoms with Gasteiger partial charge in [0.05, 0.1) is 0 Å². The summed E-state index contributed by atoms with van der Waals surface area (Å²) in [6.07, 6.45) is -3.53. The summed E-state index contributed by atoms with van der Waals surface area (Å²) in [6, 6.07) is 2.19. The van der Waals surface area contributed by atoms with Crippen LogP contribution in [0.4, 0.5) is 39.5 Å². The van der Waals surface area contributed by atoms with Gasteiger partial charge in [0.1, 0.15) is 22.9 Å². The first-order valence-electron chi connectivity index (χ1n) is 11.3. The van der Waals surface area contributed by atoms with E-state index < -0.39 is 64.3 Å². The van der Waals surface area contributed by atoms with Crippen LogP contribution in [-0.2, 0) is 0 Å². The fourth-order valence-corrected chi connectivity index (χ4v) is 4.35. The van der Waals surface area contributed by atoms with Crippen LogP contribution < -0.4 is 9.47 Å². The Balaban J connectivity index is 1.77. The summed E-state index contributed by atoms with van der Waals surface area (Å²) >= 11 is 0. The molecule has 202 valence electrons. The van der Waals surface area contributed by atoms with E-state index in [1.807, 2.05) is 0 Å². The molecule has 37 heavy (non-hydrogen) atoms. The molecule has 0 bridgehead atoms. The number of ether oxygens (including phenoxy) is 2. The summed E-state index contributed by atoms with van der Waals surface area (Å²) in [4.78, 5) is 12.3. The van der Waals surface area contributed by atoms with Gasteiger partial charge in [-0.1, -0.05) is 19.8 Å². The predicted octanol–water partition coefficient (Wildman–Crippen LogP) is 8.59. The first kappa shape index (κ1) is 28.4. The lowest BCUT2D eigenvalue weighted by Gasteiger charge is -2.28. The summed E-state index contributed by atoms with van der Waals surface area (Å²) in [5.41, 5.74) is -0.797. The van der Waals surface area contributed by atoms with Crippen LogP contribution >= 0.6 is 0 Å². The molecule has 1 aliphatic carbocycles. The molecule has 12 heteroatoms. The van der Waals surface area contributed by atoms with E-state index >= 15 is 0 Å². The maximum atomic E-state index is 14.7. The molecule has 0 radical (unpaired) electrons. The fraction of sp³-hybridized carbons (Fsp3) is 0.400. The zero-order chi connectivity index (χ0) is 27.5. The highest BCUT2D eigenvalue weighted by Crippen LogP contribution is 2.39. The average Bonchev–Trinajstić information content (AvgIpc) is 2.81. The van der Waals surface area contributed by atoms with E-state index in [2.05, 4.69) is 16.4 Å². The minimum Gasteiger partial charge on any atom is -0.423 e. The van der Waals surface area contributed by atoms with Crippen LogP contribution in [0.1, 0.15) is 67.3 Å². The van der Waals surface area contributed by atoms with Crippen molar-refractivity contribution in [2.45, 2.75) is 57.5 Å². The number of hydrogen-bond acceptors (Lipinski definition) is 3. The topological polar surface area (TPSA) is 35.5 Å². The van der Waals surface area contributed by atoms with Crippen molar-refractivity contribution in [3.63, 3.8) is 0 Å². The second-order valence-electron chi connectivity index (χ2n) is 8.66. The highest BCUT2D eigenvalue weighted by Gasteiger charge is 2.44. The molecule has 0 atom stereocenters.